The molecule has 0 aromatic heterocycles. The lowest BCUT2D eigenvalue weighted by Crippen LogP contribution is -2.25. The average Bonchev–Trinajstić information content (AvgIpc) is 3.17. The van der Waals surface area contributed by atoms with Gasteiger partial charge in [-0.15, -0.1) is 0 Å². The van der Waals surface area contributed by atoms with Crippen LogP contribution in [0.2, 0.25) is 0 Å². The Labute approximate surface area is 111 Å². The second-order valence-corrected chi connectivity index (χ2v) is 6.48. The number of hydrogen-bond acceptors (Lipinski definition) is 5. The van der Waals surface area contributed by atoms with E-state index in [1.54, 1.807) is 25.1 Å². The van der Waals surface area contributed by atoms with Crippen molar-refractivity contribution in [3.05, 3.63) is 30.3 Å². The number of carbonyl (C=O) groups is 1. The SMILES string of the molecule is CCOC(=O)[C@@]1(C#N)C[C@H]1S(=O)(=O)c1ccccc1. The average molecular weight is 279 g/mol. The molecule has 0 radical (unpaired) electrons. The number of rotatable bonds is 4. The number of nitrogens with zero attached hydrogens (tertiary/aromatic N) is 1. The molecule has 1 aromatic rings. The van der Waals surface area contributed by atoms with Crippen molar-refractivity contribution in [1.82, 2.24) is 0 Å². The molecule has 6 heteroatoms. The molecule has 2 atom stereocenters. The van der Waals surface area contributed by atoms with E-state index in [1.807, 2.05) is 6.07 Å². The standard InChI is InChI=1S/C13H13NO4S/c1-2-18-12(15)13(9-14)8-11(13)19(16,17)10-6-4-3-5-7-10/h3-7,11H,2,8H2,1H3/t11-,13-/m1/s1. The van der Waals surface area contributed by atoms with E-state index in [-0.39, 0.29) is 17.9 Å². The van der Waals surface area contributed by atoms with E-state index in [2.05, 4.69) is 0 Å². The van der Waals surface area contributed by atoms with Crippen LogP contribution >= 0.6 is 0 Å². The van der Waals surface area contributed by atoms with Gasteiger partial charge in [-0.3, -0.25) is 4.79 Å². The summed E-state index contributed by atoms with van der Waals surface area (Å²) >= 11 is 0. The van der Waals surface area contributed by atoms with Gasteiger partial charge in [0.1, 0.15) is 0 Å². The van der Waals surface area contributed by atoms with Crippen LogP contribution in [0, 0.1) is 16.7 Å². The molecule has 0 bridgehead atoms. The smallest absolute Gasteiger partial charge is 0.327 e. The summed E-state index contributed by atoms with van der Waals surface area (Å²) in [5.74, 6) is -0.748. The minimum absolute atomic E-state index is 0.000436. The van der Waals surface area contributed by atoms with Crippen molar-refractivity contribution < 1.29 is 17.9 Å². The highest BCUT2D eigenvalue weighted by molar-refractivity contribution is 7.92. The quantitative estimate of drug-likeness (QED) is 0.776. The van der Waals surface area contributed by atoms with Crippen LogP contribution in [0.5, 0.6) is 0 Å². The van der Waals surface area contributed by atoms with Gasteiger partial charge < -0.3 is 4.74 Å². The monoisotopic (exact) mass is 279 g/mol. The van der Waals surface area contributed by atoms with Crippen molar-refractivity contribution in [2.75, 3.05) is 6.61 Å². The van der Waals surface area contributed by atoms with Crippen LogP contribution in [0.3, 0.4) is 0 Å². The Bertz CT molecular complexity index is 632. The highest BCUT2D eigenvalue weighted by Gasteiger charge is 2.68. The van der Waals surface area contributed by atoms with E-state index in [0.29, 0.717) is 0 Å². The van der Waals surface area contributed by atoms with Crippen molar-refractivity contribution in [1.29, 1.82) is 5.26 Å². The fraction of sp³-hybridized carbons (Fsp3) is 0.385. The van der Waals surface area contributed by atoms with Crippen LogP contribution in [-0.4, -0.2) is 26.2 Å². The Kier molecular flexibility index (Phi) is 3.33. The molecule has 0 unspecified atom stereocenters. The molecule has 5 nitrogen and oxygen atoms in total. The van der Waals surface area contributed by atoms with E-state index in [9.17, 15) is 13.2 Å². The molecule has 2 rings (SSSR count). The molecule has 0 spiro atoms. The van der Waals surface area contributed by atoms with Crippen molar-refractivity contribution in [2.45, 2.75) is 23.5 Å². The Morgan fingerprint density at radius 1 is 1.47 bits per heavy atom. The van der Waals surface area contributed by atoms with Gasteiger partial charge >= 0.3 is 5.97 Å². The summed E-state index contributed by atoms with van der Waals surface area (Å²) < 4.78 is 29.4. The number of benzene rings is 1. The molecule has 0 amide bonds. The van der Waals surface area contributed by atoms with Gasteiger partial charge in [-0.2, -0.15) is 5.26 Å². The maximum absolute atomic E-state index is 12.3. The number of nitriles is 1. The Hall–Kier alpha value is -1.87. The zero-order valence-corrected chi connectivity index (χ0v) is 11.2. The van der Waals surface area contributed by atoms with Crippen molar-refractivity contribution in [3.8, 4) is 6.07 Å². The molecule has 1 aliphatic carbocycles. The van der Waals surface area contributed by atoms with Gasteiger partial charge in [0.2, 0.25) is 0 Å². The van der Waals surface area contributed by atoms with Gasteiger partial charge in [0.25, 0.3) is 0 Å². The fourth-order valence-electron chi connectivity index (χ4n) is 2.02. The summed E-state index contributed by atoms with van der Waals surface area (Å²) in [5.41, 5.74) is -1.54. The minimum Gasteiger partial charge on any atom is -0.465 e. The number of sulfone groups is 1. The maximum Gasteiger partial charge on any atom is 0.327 e. The molecule has 0 N–H and O–H groups in total. The molecule has 19 heavy (non-hydrogen) atoms. The summed E-state index contributed by atoms with van der Waals surface area (Å²) in [5, 5.41) is 8.11. The predicted molar refractivity (Wildman–Crippen MR) is 66.7 cm³/mol. The summed E-state index contributed by atoms with van der Waals surface area (Å²) in [6, 6.07) is 9.64. The third-order valence-corrected chi connectivity index (χ3v) is 5.43. The van der Waals surface area contributed by atoms with Gasteiger partial charge in [-0.05, 0) is 25.5 Å². The van der Waals surface area contributed by atoms with E-state index in [1.165, 1.54) is 12.1 Å². The van der Waals surface area contributed by atoms with Crippen molar-refractivity contribution >= 4 is 15.8 Å². The van der Waals surface area contributed by atoms with E-state index >= 15 is 0 Å². The van der Waals surface area contributed by atoms with Gasteiger partial charge in [-0.1, -0.05) is 18.2 Å². The number of esters is 1. The van der Waals surface area contributed by atoms with Gasteiger partial charge in [-0.25, -0.2) is 8.42 Å². The lowest BCUT2D eigenvalue weighted by molar-refractivity contribution is -0.147. The zero-order valence-electron chi connectivity index (χ0n) is 10.4. The first-order valence-corrected chi connectivity index (χ1v) is 7.41. The first-order valence-electron chi connectivity index (χ1n) is 5.86. The topological polar surface area (TPSA) is 84.2 Å². The second kappa shape index (κ2) is 4.67. The van der Waals surface area contributed by atoms with Crippen LogP contribution in [0.15, 0.2) is 35.2 Å². The molecular weight excluding hydrogens is 266 g/mol. The molecule has 1 saturated carbocycles. The Morgan fingerprint density at radius 2 is 2.11 bits per heavy atom. The zero-order chi connectivity index (χ0) is 14.1. The largest absolute Gasteiger partial charge is 0.465 e. The lowest BCUT2D eigenvalue weighted by Gasteiger charge is -2.08. The molecule has 1 aliphatic rings. The summed E-state index contributed by atoms with van der Waals surface area (Å²) in [7, 11) is -3.67. The summed E-state index contributed by atoms with van der Waals surface area (Å²) in [6.45, 7) is 1.74. The number of hydrogen-bond donors (Lipinski definition) is 0. The van der Waals surface area contributed by atoms with Crippen molar-refractivity contribution in [3.63, 3.8) is 0 Å². The fourth-order valence-corrected chi connectivity index (χ4v) is 4.05. The Balaban J connectivity index is 2.32. The Morgan fingerprint density at radius 3 is 2.63 bits per heavy atom. The molecular formula is C13H13NO4S. The molecule has 0 saturated heterocycles. The molecule has 1 aromatic carbocycles. The normalized spacial score (nSPS) is 25.4. The van der Waals surface area contributed by atoms with E-state index < -0.39 is 26.5 Å². The van der Waals surface area contributed by atoms with Crippen LogP contribution in [0.25, 0.3) is 0 Å². The van der Waals surface area contributed by atoms with Gasteiger partial charge in [0.15, 0.2) is 15.3 Å². The van der Waals surface area contributed by atoms with Crippen LogP contribution < -0.4 is 0 Å². The summed E-state index contributed by atoms with van der Waals surface area (Å²) in [6.07, 6.45) is -0.000436. The summed E-state index contributed by atoms with van der Waals surface area (Å²) in [4.78, 5) is 11.9. The maximum atomic E-state index is 12.3. The highest BCUT2D eigenvalue weighted by atomic mass is 32.2. The van der Waals surface area contributed by atoms with E-state index in [0.717, 1.165) is 0 Å². The van der Waals surface area contributed by atoms with E-state index in [4.69, 9.17) is 10.00 Å². The molecule has 0 aliphatic heterocycles. The molecule has 100 valence electrons. The number of carbonyl (C=O) groups excluding carboxylic acids is 1. The molecule has 0 heterocycles. The van der Waals surface area contributed by atoms with Crippen LogP contribution in [0.4, 0.5) is 0 Å². The molecule has 1 fully saturated rings. The van der Waals surface area contributed by atoms with Crippen LogP contribution in [-0.2, 0) is 19.4 Å². The minimum atomic E-state index is -3.67. The first kappa shape index (κ1) is 13.6. The lowest BCUT2D eigenvalue weighted by atomic mass is 10.1. The van der Waals surface area contributed by atoms with Gasteiger partial charge in [0, 0.05) is 0 Å². The van der Waals surface area contributed by atoms with Crippen molar-refractivity contribution in [2.24, 2.45) is 5.41 Å². The third kappa shape index (κ3) is 2.10. The number of ether oxygens (including phenoxy) is 1. The van der Waals surface area contributed by atoms with Crippen LogP contribution in [0.1, 0.15) is 13.3 Å². The first-order chi connectivity index (χ1) is 8.99. The third-order valence-electron chi connectivity index (χ3n) is 3.18. The second-order valence-electron chi connectivity index (χ2n) is 4.35. The predicted octanol–water partition coefficient (Wildman–Crippen LogP) is 1.31. The van der Waals surface area contributed by atoms with Gasteiger partial charge in [0.05, 0.1) is 22.8 Å². The highest BCUT2D eigenvalue weighted by Crippen LogP contribution is 2.53.